The number of hydrogen-bond acceptors (Lipinski definition) is 3. The average molecular weight is 187 g/mol. The molecule has 0 spiro atoms. The summed E-state index contributed by atoms with van der Waals surface area (Å²) in [4.78, 5) is 11.3. The first kappa shape index (κ1) is 10.5. The Morgan fingerprint density at radius 1 is 1.69 bits per heavy atom. The third-order valence-electron chi connectivity index (χ3n) is 2.35. The van der Waals surface area contributed by atoms with E-state index in [0.29, 0.717) is 6.54 Å². The van der Waals surface area contributed by atoms with Crippen molar-refractivity contribution in [2.24, 2.45) is 5.92 Å². The second-order valence-corrected chi connectivity index (χ2v) is 3.48. The van der Waals surface area contributed by atoms with Crippen molar-refractivity contribution < 1.29 is 14.6 Å². The van der Waals surface area contributed by atoms with E-state index in [1.165, 1.54) is 7.11 Å². The van der Waals surface area contributed by atoms with E-state index in [1.54, 1.807) is 0 Å². The lowest BCUT2D eigenvalue weighted by Gasteiger charge is -2.24. The summed E-state index contributed by atoms with van der Waals surface area (Å²) in [6, 6.07) is 0. The van der Waals surface area contributed by atoms with Crippen LogP contribution in [0.15, 0.2) is 0 Å². The van der Waals surface area contributed by atoms with Crippen molar-refractivity contribution in [3.8, 4) is 0 Å². The van der Waals surface area contributed by atoms with Gasteiger partial charge in [-0.15, -0.1) is 0 Å². The molecule has 1 atom stereocenters. The highest BCUT2D eigenvalue weighted by Crippen LogP contribution is 2.25. The van der Waals surface area contributed by atoms with Gasteiger partial charge in [0.2, 0.25) is 5.91 Å². The van der Waals surface area contributed by atoms with Crippen LogP contribution >= 0.6 is 0 Å². The molecule has 4 nitrogen and oxygen atoms in total. The molecule has 1 aliphatic rings. The van der Waals surface area contributed by atoms with Crippen LogP contribution in [-0.2, 0) is 9.53 Å². The first-order valence-electron chi connectivity index (χ1n) is 4.68. The van der Waals surface area contributed by atoms with E-state index in [0.717, 1.165) is 19.3 Å². The number of hydrogen-bond donors (Lipinski definition) is 2. The molecule has 0 radical (unpaired) electrons. The molecule has 0 saturated heterocycles. The molecule has 1 saturated carbocycles. The van der Waals surface area contributed by atoms with Crippen molar-refractivity contribution in [3.63, 3.8) is 0 Å². The minimum absolute atomic E-state index is 0.0707. The fourth-order valence-corrected chi connectivity index (χ4v) is 1.28. The predicted octanol–water partition coefficient (Wildman–Crippen LogP) is -0.0900. The highest BCUT2D eigenvalue weighted by Gasteiger charge is 2.25. The summed E-state index contributed by atoms with van der Waals surface area (Å²) in [6.45, 7) is 0.564. The minimum atomic E-state index is -0.589. The van der Waals surface area contributed by atoms with Gasteiger partial charge in [0.1, 0.15) is 0 Å². The number of methoxy groups -OCH3 is 1. The molecule has 1 amide bonds. The second-order valence-electron chi connectivity index (χ2n) is 3.48. The van der Waals surface area contributed by atoms with Gasteiger partial charge >= 0.3 is 0 Å². The molecule has 1 rings (SSSR count). The van der Waals surface area contributed by atoms with E-state index in [4.69, 9.17) is 4.74 Å². The summed E-state index contributed by atoms with van der Waals surface area (Å²) in [7, 11) is 1.52. The Labute approximate surface area is 78.3 Å². The third kappa shape index (κ3) is 3.32. The maximum absolute atomic E-state index is 11.3. The Balaban J connectivity index is 2.06. The molecule has 4 heteroatoms. The molecule has 0 aromatic rings. The predicted molar refractivity (Wildman–Crippen MR) is 48.2 cm³/mol. The quantitative estimate of drug-likeness (QED) is 0.632. The Morgan fingerprint density at radius 2 is 2.38 bits per heavy atom. The molecule has 0 aliphatic heterocycles. The van der Waals surface area contributed by atoms with Gasteiger partial charge in [0, 0.05) is 19.6 Å². The molecular formula is C9H17NO3. The number of aliphatic hydroxyl groups excluding tert-OH is 1. The van der Waals surface area contributed by atoms with E-state index in [2.05, 4.69) is 5.32 Å². The SMILES string of the molecule is COCC(O)CNC(=O)C1CCC1. The maximum Gasteiger partial charge on any atom is 0.223 e. The molecule has 0 bridgehead atoms. The van der Waals surface area contributed by atoms with Crippen molar-refractivity contribution in [2.75, 3.05) is 20.3 Å². The van der Waals surface area contributed by atoms with Gasteiger partial charge < -0.3 is 15.2 Å². The zero-order chi connectivity index (χ0) is 9.68. The first-order chi connectivity index (χ1) is 6.24. The van der Waals surface area contributed by atoms with Gasteiger partial charge in [0.15, 0.2) is 0 Å². The fourth-order valence-electron chi connectivity index (χ4n) is 1.28. The zero-order valence-electron chi connectivity index (χ0n) is 7.95. The largest absolute Gasteiger partial charge is 0.389 e. The van der Waals surface area contributed by atoms with Crippen molar-refractivity contribution in [2.45, 2.75) is 25.4 Å². The summed E-state index contributed by atoms with van der Waals surface area (Å²) < 4.78 is 4.74. The number of amides is 1. The Bertz CT molecular complexity index is 168. The van der Waals surface area contributed by atoms with Crippen LogP contribution in [0.5, 0.6) is 0 Å². The third-order valence-corrected chi connectivity index (χ3v) is 2.35. The lowest BCUT2D eigenvalue weighted by molar-refractivity contribution is -0.128. The molecule has 1 aliphatic carbocycles. The highest BCUT2D eigenvalue weighted by atomic mass is 16.5. The van der Waals surface area contributed by atoms with Gasteiger partial charge in [-0.2, -0.15) is 0 Å². The van der Waals surface area contributed by atoms with Crippen LogP contribution in [0, 0.1) is 5.92 Å². The number of nitrogens with one attached hydrogen (secondary N) is 1. The molecule has 0 aromatic carbocycles. The second kappa shape index (κ2) is 5.19. The molecule has 0 aromatic heterocycles. The summed E-state index contributed by atoms with van der Waals surface area (Å²) >= 11 is 0. The van der Waals surface area contributed by atoms with E-state index in [-0.39, 0.29) is 18.4 Å². The van der Waals surface area contributed by atoms with Crippen LogP contribution in [0.4, 0.5) is 0 Å². The topological polar surface area (TPSA) is 58.6 Å². The molecule has 1 unspecified atom stereocenters. The van der Waals surface area contributed by atoms with Gasteiger partial charge in [0.05, 0.1) is 12.7 Å². The van der Waals surface area contributed by atoms with Crippen LogP contribution < -0.4 is 5.32 Å². The molecule has 0 heterocycles. The number of carbonyl (C=O) groups is 1. The van der Waals surface area contributed by atoms with E-state index in [1.807, 2.05) is 0 Å². The summed E-state index contributed by atoms with van der Waals surface area (Å²) in [5, 5.41) is 11.9. The van der Waals surface area contributed by atoms with Gasteiger partial charge in [0.25, 0.3) is 0 Å². The lowest BCUT2D eigenvalue weighted by Crippen LogP contribution is -2.39. The van der Waals surface area contributed by atoms with Crippen LogP contribution in [0.25, 0.3) is 0 Å². The monoisotopic (exact) mass is 187 g/mol. The van der Waals surface area contributed by atoms with Crippen molar-refractivity contribution >= 4 is 5.91 Å². The van der Waals surface area contributed by atoms with E-state index >= 15 is 0 Å². The zero-order valence-corrected chi connectivity index (χ0v) is 7.95. The summed E-state index contributed by atoms with van der Waals surface area (Å²) in [5.41, 5.74) is 0. The summed E-state index contributed by atoms with van der Waals surface area (Å²) in [5.74, 6) is 0.260. The smallest absolute Gasteiger partial charge is 0.223 e. The Kier molecular flexibility index (Phi) is 4.18. The Hall–Kier alpha value is -0.610. The van der Waals surface area contributed by atoms with Gasteiger partial charge in [-0.05, 0) is 12.8 Å². The van der Waals surface area contributed by atoms with Crippen LogP contribution in [0.3, 0.4) is 0 Å². The highest BCUT2D eigenvalue weighted by molar-refractivity contribution is 5.79. The number of aliphatic hydroxyl groups is 1. The van der Waals surface area contributed by atoms with Gasteiger partial charge in [-0.1, -0.05) is 6.42 Å². The summed E-state index contributed by atoms with van der Waals surface area (Å²) in [6.07, 6.45) is 2.55. The van der Waals surface area contributed by atoms with E-state index in [9.17, 15) is 9.90 Å². The van der Waals surface area contributed by atoms with Crippen LogP contribution in [-0.4, -0.2) is 37.4 Å². The van der Waals surface area contributed by atoms with Crippen LogP contribution in [0.1, 0.15) is 19.3 Å². The number of carbonyl (C=O) groups excluding carboxylic acids is 1. The fraction of sp³-hybridized carbons (Fsp3) is 0.889. The van der Waals surface area contributed by atoms with E-state index < -0.39 is 6.10 Å². The molecular weight excluding hydrogens is 170 g/mol. The van der Waals surface area contributed by atoms with Crippen molar-refractivity contribution in [3.05, 3.63) is 0 Å². The normalized spacial score (nSPS) is 19.2. The van der Waals surface area contributed by atoms with Crippen molar-refractivity contribution in [1.82, 2.24) is 5.32 Å². The van der Waals surface area contributed by atoms with Gasteiger partial charge in [-0.25, -0.2) is 0 Å². The minimum Gasteiger partial charge on any atom is -0.389 e. The molecule has 76 valence electrons. The van der Waals surface area contributed by atoms with Gasteiger partial charge in [-0.3, -0.25) is 4.79 Å². The average Bonchev–Trinajstić information content (AvgIpc) is 1.98. The molecule has 1 fully saturated rings. The van der Waals surface area contributed by atoms with Crippen LogP contribution in [0.2, 0.25) is 0 Å². The number of ether oxygens (including phenoxy) is 1. The standard InChI is InChI=1S/C9H17NO3/c1-13-6-8(11)5-10-9(12)7-3-2-4-7/h7-8,11H,2-6H2,1H3,(H,10,12). The lowest BCUT2D eigenvalue weighted by atomic mass is 9.85. The molecule has 13 heavy (non-hydrogen) atoms. The maximum atomic E-state index is 11.3. The van der Waals surface area contributed by atoms with Crippen molar-refractivity contribution in [1.29, 1.82) is 0 Å². The molecule has 2 N–H and O–H groups in total. The first-order valence-corrected chi connectivity index (χ1v) is 4.68. The Morgan fingerprint density at radius 3 is 2.85 bits per heavy atom. The number of rotatable bonds is 5.